The second-order valence-electron chi connectivity index (χ2n) is 5.73. The Labute approximate surface area is 123 Å². The van der Waals surface area contributed by atoms with Crippen molar-refractivity contribution in [1.29, 1.82) is 0 Å². The molecule has 0 atom stereocenters. The number of hydrogen-bond acceptors (Lipinski definition) is 3. The van der Waals surface area contributed by atoms with Crippen LogP contribution in [0.2, 0.25) is 0 Å². The molecule has 0 unspecified atom stereocenters. The molecule has 0 N–H and O–H groups in total. The summed E-state index contributed by atoms with van der Waals surface area (Å²) < 4.78 is 4.98. The molecule has 0 aromatic carbocycles. The Morgan fingerprint density at radius 1 is 1.33 bits per heavy atom. The maximum Gasteiger partial charge on any atom is 0.346 e. The average molecular weight is 288 g/mol. The van der Waals surface area contributed by atoms with Gasteiger partial charge in [-0.05, 0) is 32.8 Å². The van der Waals surface area contributed by atoms with E-state index in [1.165, 1.54) is 4.68 Å². The lowest BCUT2D eigenvalue weighted by atomic mass is 10.1. The number of Topliss-reactive ketones (excluding diaryl/α,β-unsaturated/α-hetero) is 1. The fourth-order valence-corrected chi connectivity index (χ4v) is 2.91. The summed E-state index contributed by atoms with van der Waals surface area (Å²) in [6.07, 6.45) is 2.88. The highest BCUT2D eigenvalue weighted by atomic mass is 16.2. The lowest BCUT2D eigenvalue weighted by molar-refractivity contribution is 0.0965. The Bertz CT molecular complexity index is 763. The Balaban J connectivity index is 1.90. The molecule has 112 valence electrons. The molecule has 0 bridgehead atoms. The monoisotopic (exact) mass is 288 g/mol. The van der Waals surface area contributed by atoms with E-state index in [-0.39, 0.29) is 18.0 Å². The Kier molecular flexibility index (Phi) is 3.31. The van der Waals surface area contributed by atoms with Gasteiger partial charge in [0, 0.05) is 37.0 Å². The first-order valence-corrected chi connectivity index (χ1v) is 7.31. The summed E-state index contributed by atoms with van der Waals surface area (Å²) in [5.41, 5.74) is 2.47. The summed E-state index contributed by atoms with van der Waals surface area (Å²) in [6.45, 7) is 4.61. The third kappa shape index (κ3) is 2.24. The van der Waals surface area contributed by atoms with E-state index in [0.29, 0.717) is 12.1 Å². The van der Waals surface area contributed by atoms with E-state index >= 15 is 0 Å². The van der Waals surface area contributed by atoms with Crippen LogP contribution in [0.5, 0.6) is 0 Å². The van der Waals surface area contributed by atoms with Crippen LogP contribution in [0, 0.1) is 13.8 Å². The highest BCUT2D eigenvalue weighted by Crippen LogP contribution is 2.15. The van der Waals surface area contributed by atoms with Gasteiger partial charge in [-0.2, -0.15) is 5.10 Å². The van der Waals surface area contributed by atoms with E-state index in [2.05, 4.69) is 5.10 Å². The Morgan fingerprint density at radius 2 is 2.10 bits per heavy atom. The van der Waals surface area contributed by atoms with E-state index in [1.54, 1.807) is 4.57 Å². The third-order valence-electron chi connectivity index (χ3n) is 4.40. The van der Waals surface area contributed by atoms with Crippen molar-refractivity contribution in [2.45, 2.75) is 46.2 Å². The number of hydrogen-bond donors (Lipinski definition) is 0. The summed E-state index contributed by atoms with van der Waals surface area (Å²) in [5.74, 6) is 0.744. The van der Waals surface area contributed by atoms with Crippen LogP contribution in [0.4, 0.5) is 0 Å². The number of ketones is 1. The molecule has 0 amide bonds. The van der Waals surface area contributed by atoms with Crippen LogP contribution in [0.3, 0.4) is 0 Å². The molecule has 6 heteroatoms. The van der Waals surface area contributed by atoms with Gasteiger partial charge < -0.3 is 4.57 Å². The third-order valence-corrected chi connectivity index (χ3v) is 4.40. The number of nitrogens with zero attached hydrogens (tertiary/aromatic N) is 4. The number of fused-ring (bicyclic) bond motifs is 1. The Hall–Kier alpha value is -2.11. The molecule has 2 aromatic rings. The van der Waals surface area contributed by atoms with Crippen LogP contribution in [0.25, 0.3) is 0 Å². The van der Waals surface area contributed by atoms with Crippen LogP contribution in [0.15, 0.2) is 10.9 Å². The molecular weight excluding hydrogens is 268 g/mol. The largest absolute Gasteiger partial charge is 0.351 e. The van der Waals surface area contributed by atoms with Crippen LogP contribution >= 0.6 is 0 Å². The highest BCUT2D eigenvalue weighted by Gasteiger charge is 2.20. The first kappa shape index (κ1) is 13.9. The SMILES string of the molecule is Cc1cc(C(=O)Cn2nc3n(c2=O)CCCC3)c(C)n1C. The van der Waals surface area contributed by atoms with Crippen molar-refractivity contribution >= 4 is 5.78 Å². The molecule has 0 saturated carbocycles. The van der Waals surface area contributed by atoms with Crippen LogP contribution in [0.1, 0.15) is 40.4 Å². The van der Waals surface area contributed by atoms with Gasteiger partial charge in [-0.15, -0.1) is 0 Å². The van der Waals surface area contributed by atoms with Gasteiger partial charge in [-0.1, -0.05) is 0 Å². The van der Waals surface area contributed by atoms with E-state index in [4.69, 9.17) is 0 Å². The molecule has 0 radical (unpaired) electrons. The van der Waals surface area contributed by atoms with Crippen molar-refractivity contribution in [1.82, 2.24) is 18.9 Å². The molecule has 6 nitrogen and oxygen atoms in total. The van der Waals surface area contributed by atoms with Crippen molar-refractivity contribution in [2.24, 2.45) is 7.05 Å². The van der Waals surface area contributed by atoms with E-state index in [1.807, 2.05) is 31.5 Å². The lowest BCUT2D eigenvalue weighted by Crippen LogP contribution is -2.29. The molecule has 3 heterocycles. The zero-order chi connectivity index (χ0) is 15.1. The Morgan fingerprint density at radius 3 is 2.71 bits per heavy atom. The van der Waals surface area contributed by atoms with Crippen LogP contribution < -0.4 is 5.69 Å². The maximum absolute atomic E-state index is 12.4. The van der Waals surface area contributed by atoms with Gasteiger partial charge in [0.25, 0.3) is 0 Å². The van der Waals surface area contributed by atoms with Gasteiger partial charge in [-0.3, -0.25) is 9.36 Å². The highest BCUT2D eigenvalue weighted by molar-refractivity contribution is 5.97. The number of rotatable bonds is 3. The molecule has 3 rings (SSSR count). The van der Waals surface area contributed by atoms with Crippen molar-refractivity contribution in [3.63, 3.8) is 0 Å². The van der Waals surface area contributed by atoms with E-state index < -0.39 is 0 Å². The zero-order valence-corrected chi connectivity index (χ0v) is 12.7. The first-order chi connectivity index (χ1) is 9.99. The first-order valence-electron chi connectivity index (χ1n) is 7.31. The maximum atomic E-state index is 12.4. The zero-order valence-electron chi connectivity index (χ0n) is 12.7. The van der Waals surface area contributed by atoms with Gasteiger partial charge in [0.15, 0.2) is 5.78 Å². The predicted octanol–water partition coefficient (Wildman–Crippen LogP) is 1.22. The summed E-state index contributed by atoms with van der Waals surface area (Å²) in [7, 11) is 1.93. The van der Waals surface area contributed by atoms with Gasteiger partial charge in [0.05, 0.1) is 0 Å². The normalized spacial score (nSPS) is 14.2. The molecule has 0 spiro atoms. The standard InChI is InChI=1S/C15H20N4O2/c1-10-8-12(11(2)17(10)3)13(20)9-19-15(21)18-7-5-4-6-14(18)16-19/h8H,4-7,9H2,1-3H3. The van der Waals surface area contributed by atoms with Gasteiger partial charge >= 0.3 is 5.69 Å². The summed E-state index contributed by atoms with van der Waals surface area (Å²) in [4.78, 5) is 24.7. The predicted molar refractivity (Wildman–Crippen MR) is 78.6 cm³/mol. The topological polar surface area (TPSA) is 61.8 Å². The molecule has 0 saturated heterocycles. The van der Waals surface area contributed by atoms with E-state index in [9.17, 15) is 9.59 Å². The summed E-state index contributed by atoms with van der Waals surface area (Å²) in [5, 5.41) is 4.31. The molecule has 0 aliphatic carbocycles. The van der Waals surface area contributed by atoms with Crippen LogP contribution in [-0.4, -0.2) is 24.7 Å². The minimum atomic E-state index is -0.164. The number of carbonyl (C=O) groups is 1. The number of aryl methyl sites for hydroxylation is 2. The fraction of sp³-hybridized carbons (Fsp3) is 0.533. The van der Waals surface area contributed by atoms with Gasteiger partial charge in [0.1, 0.15) is 12.4 Å². The van der Waals surface area contributed by atoms with Crippen molar-refractivity contribution in [2.75, 3.05) is 0 Å². The molecular formula is C15H20N4O2. The van der Waals surface area contributed by atoms with Crippen molar-refractivity contribution < 1.29 is 4.79 Å². The molecule has 1 aliphatic heterocycles. The molecule has 21 heavy (non-hydrogen) atoms. The van der Waals surface area contributed by atoms with Crippen molar-refractivity contribution in [3.8, 4) is 0 Å². The number of aromatic nitrogens is 4. The average Bonchev–Trinajstić information content (AvgIpc) is 2.92. The number of carbonyl (C=O) groups excluding carboxylic acids is 1. The molecule has 1 aliphatic rings. The summed E-state index contributed by atoms with van der Waals surface area (Å²) in [6, 6.07) is 1.87. The second-order valence-corrected chi connectivity index (χ2v) is 5.73. The minimum Gasteiger partial charge on any atom is -0.351 e. The van der Waals surface area contributed by atoms with Gasteiger partial charge in [0.2, 0.25) is 0 Å². The van der Waals surface area contributed by atoms with Crippen LogP contribution in [-0.2, 0) is 26.6 Å². The van der Waals surface area contributed by atoms with Crippen molar-refractivity contribution in [3.05, 3.63) is 39.3 Å². The summed E-state index contributed by atoms with van der Waals surface area (Å²) >= 11 is 0. The van der Waals surface area contributed by atoms with E-state index in [0.717, 1.165) is 36.5 Å². The van der Waals surface area contributed by atoms with Gasteiger partial charge in [-0.25, -0.2) is 9.48 Å². The second kappa shape index (κ2) is 5.02. The quantitative estimate of drug-likeness (QED) is 0.798. The lowest BCUT2D eigenvalue weighted by Gasteiger charge is -2.09. The molecule has 2 aromatic heterocycles. The smallest absolute Gasteiger partial charge is 0.346 e. The fourth-order valence-electron chi connectivity index (χ4n) is 2.91. The molecule has 0 fully saturated rings. The minimum absolute atomic E-state index is 0.0170.